The Labute approximate surface area is 162 Å². The molecule has 2 aromatic carbocycles. The number of nitrogens with zero attached hydrogens (tertiary/aromatic N) is 1. The molecule has 0 unspecified atom stereocenters. The predicted molar refractivity (Wildman–Crippen MR) is 110 cm³/mol. The highest BCUT2D eigenvalue weighted by molar-refractivity contribution is 8.26. The number of thiocarbonyl (C=S) groups is 1. The lowest BCUT2D eigenvalue weighted by molar-refractivity contribution is -0.121. The second-order valence-corrected chi connectivity index (χ2v) is 7.53. The normalized spacial score (nSPS) is 15.6. The van der Waals surface area contributed by atoms with Crippen LogP contribution in [0, 0.1) is 0 Å². The lowest BCUT2D eigenvalue weighted by atomic mass is 10.1. The fourth-order valence-electron chi connectivity index (χ4n) is 2.49. The molecule has 0 spiro atoms. The van der Waals surface area contributed by atoms with E-state index in [2.05, 4.69) is 5.32 Å². The van der Waals surface area contributed by atoms with Crippen molar-refractivity contribution < 1.29 is 9.59 Å². The molecule has 1 heterocycles. The first-order valence-corrected chi connectivity index (χ1v) is 9.41. The lowest BCUT2D eigenvalue weighted by Crippen LogP contribution is -2.25. The first-order valence-electron chi connectivity index (χ1n) is 8.18. The van der Waals surface area contributed by atoms with E-state index < -0.39 is 0 Å². The van der Waals surface area contributed by atoms with E-state index in [9.17, 15) is 9.59 Å². The van der Waals surface area contributed by atoms with E-state index in [4.69, 9.17) is 12.2 Å². The van der Waals surface area contributed by atoms with Gasteiger partial charge in [-0.1, -0.05) is 66.4 Å². The Bertz CT molecular complexity index is 861. The number of benzene rings is 2. The van der Waals surface area contributed by atoms with Gasteiger partial charge >= 0.3 is 0 Å². The van der Waals surface area contributed by atoms with Crippen LogP contribution in [0.1, 0.15) is 21.5 Å². The average molecular weight is 383 g/mol. The molecule has 0 atom stereocenters. The minimum atomic E-state index is -0.104. The molecule has 6 heteroatoms. The molecule has 1 aliphatic heterocycles. The fraction of sp³-hybridized carbons (Fsp3) is 0.150. The smallest absolute Gasteiger partial charge is 0.265 e. The van der Waals surface area contributed by atoms with Crippen LogP contribution in [0.2, 0.25) is 0 Å². The van der Waals surface area contributed by atoms with Crippen LogP contribution in [0.25, 0.3) is 6.08 Å². The van der Waals surface area contributed by atoms with Crippen LogP contribution < -0.4 is 5.32 Å². The highest BCUT2D eigenvalue weighted by Gasteiger charge is 2.28. The Morgan fingerprint density at radius 1 is 1.15 bits per heavy atom. The van der Waals surface area contributed by atoms with E-state index in [0.717, 1.165) is 12.0 Å². The van der Waals surface area contributed by atoms with Gasteiger partial charge in [-0.2, -0.15) is 0 Å². The summed E-state index contributed by atoms with van der Waals surface area (Å²) in [6, 6.07) is 17.2. The van der Waals surface area contributed by atoms with Crippen LogP contribution in [0.15, 0.2) is 59.5 Å². The Hall–Kier alpha value is -2.44. The summed E-state index contributed by atoms with van der Waals surface area (Å²) in [5, 5.41) is 2.92. The number of hydrogen-bond donors (Lipinski definition) is 1. The maximum absolute atomic E-state index is 12.2. The van der Waals surface area contributed by atoms with Crippen LogP contribution >= 0.6 is 24.0 Å². The van der Waals surface area contributed by atoms with Crippen molar-refractivity contribution in [1.29, 1.82) is 0 Å². The Kier molecular flexibility index (Phi) is 5.85. The molecular weight excluding hydrogens is 364 g/mol. The number of rotatable bonds is 5. The van der Waals surface area contributed by atoms with Crippen molar-refractivity contribution in [3.05, 3.63) is 76.2 Å². The maximum atomic E-state index is 12.2. The minimum absolute atomic E-state index is 0.0947. The van der Waals surface area contributed by atoms with Crippen molar-refractivity contribution in [3.8, 4) is 0 Å². The summed E-state index contributed by atoms with van der Waals surface area (Å²) >= 11 is 6.40. The highest BCUT2D eigenvalue weighted by atomic mass is 32.2. The molecule has 1 aliphatic rings. The Morgan fingerprint density at radius 3 is 2.46 bits per heavy atom. The van der Waals surface area contributed by atoms with E-state index in [1.165, 1.54) is 22.2 Å². The molecule has 0 aromatic heterocycles. The van der Waals surface area contributed by atoms with Crippen LogP contribution in [-0.4, -0.2) is 34.6 Å². The molecule has 132 valence electrons. The largest absolute Gasteiger partial charge is 0.352 e. The van der Waals surface area contributed by atoms with Gasteiger partial charge in [0.2, 0.25) is 0 Å². The van der Waals surface area contributed by atoms with E-state index >= 15 is 0 Å². The second-order valence-electron chi connectivity index (χ2n) is 5.85. The third kappa shape index (κ3) is 4.39. The van der Waals surface area contributed by atoms with Crippen LogP contribution in [0.4, 0.5) is 0 Å². The fourth-order valence-corrected chi connectivity index (χ4v) is 3.67. The third-order valence-corrected chi connectivity index (χ3v) is 5.48. The van der Waals surface area contributed by atoms with Crippen LogP contribution in [-0.2, 0) is 11.2 Å². The summed E-state index contributed by atoms with van der Waals surface area (Å²) in [6.07, 6.45) is 2.59. The summed E-state index contributed by atoms with van der Waals surface area (Å²) in [5.41, 5.74) is 2.65. The van der Waals surface area contributed by atoms with Crippen molar-refractivity contribution in [3.63, 3.8) is 0 Å². The van der Waals surface area contributed by atoms with Crippen molar-refractivity contribution in [2.45, 2.75) is 6.42 Å². The van der Waals surface area contributed by atoms with Gasteiger partial charge in [-0.3, -0.25) is 14.5 Å². The van der Waals surface area contributed by atoms with E-state index in [1.807, 2.05) is 42.5 Å². The van der Waals surface area contributed by atoms with E-state index in [0.29, 0.717) is 21.3 Å². The zero-order chi connectivity index (χ0) is 18.5. The number of thioether (sulfide) groups is 1. The molecule has 0 radical (unpaired) electrons. The minimum Gasteiger partial charge on any atom is -0.352 e. The number of amides is 2. The second kappa shape index (κ2) is 8.29. The topological polar surface area (TPSA) is 49.4 Å². The number of nitrogens with one attached hydrogen (secondary N) is 1. The first-order chi connectivity index (χ1) is 12.5. The van der Waals surface area contributed by atoms with Crippen LogP contribution in [0.5, 0.6) is 0 Å². The SMILES string of the molecule is CN1C(=O)/C(=C\c2ccc(C(=O)NCCc3ccccc3)cc2)SC1=S. The van der Waals surface area contributed by atoms with E-state index in [-0.39, 0.29) is 11.8 Å². The van der Waals surface area contributed by atoms with Gasteiger partial charge in [-0.05, 0) is 35.8 Å². The van der Waals surface area contributed by atoms with Crippen molar-refractivity contribution in [2.75, 3.05) is 13.6 Å². The van der Waals surface area contributed by atoms with Crippen LogP contribution in [0.3, 0.4) is 0 Å². The molecule has 2 amide bonds. The lowest BCUT2D eigenvalue weighted by Gasteiger charge is -2.06. The summed E-state index contributed by atoms with van der Waals surface area (Å²) in [5.74, 6) is -0.199. The van der Waals surface area contributed by atoms with Crippen molar-refractivity contribution in [1.82, 2.24) is 10.2 Å². The Balaban J connectivity index is 1.58. The van der Waals surface area contributed by atoms with Gasteiger partial charge in [0.1, 0.15) is 4.32 Å². The molecule has 1 saturated heterocycles. The molecule has 4 nitrogen and oxygen atoms in total. The first kappa shape index (κ1) is 18.4. The quantitative estimate of drug-likeness (QED) is 0.635. The van der Waals surface area contributed by atoms with Gasteiger partial charge in [0.05, 0.1) is 4.91 Å². The molecule has 0 bridgehead atoms. The zero-order valence-corrected chi connectivity index (χ0v) is 15.9. The highest BCUT2D eigenvalue weighted by Crippen LogP contribution is 2.31. The predicted octanol–water partition coefficient (Wildman–Crippen LogP) is 3.49. The number of carbonyl (C=O) groups excluding carboxylic acids is 2. The average Bonchev–Trinajstić information content (AvgIpc) is 2.90. The standard InChI is InChI=1S/C20H18N2O2S2/c1-22-19(24)17(26-20(22)25)13-15-7-9-16(10-8-15)18(23)21-12-11-14-5-3-2-4-6-14/h2-10,13H,11-12H2,1H3,(H,21,23)/b17-13+. The summed E-state index contributed by atoms with van der Waals surface area (Å²) in [4.78, 5) is 26.3. The summed E-state index contributed by atoms with van der Waals surface area (Å²) in [6.45, 7) is 0.587. The molecule has 0 aliphatic carbocycles. The van der Waals surface area contributed by atoms with Gasteiger partial charge in [-0.15, -0.1) is 0 Å². The van der Waals surface area contributed by atoms with Gasteiger partial charge < -0.3 is 5.32 Å². The third-order valence-electron chi connectivity index (χ3n) is 4.00. The van der Waals surface area contributed by atoms with E-state index in [1.54, 1.807) is 25.3 Å². The molecule has 2 aromatic rings. The monoisotopic (exact) mass is 382 g/mol. The van der Waals surface area contributed by atoms with Crippen molar-refractivity contribution >= 4 is 46.2 Å². The molecule has 1 fully saturated rings. The molecule has 3 rings (SSSR count). The molecule has 0 saturated carbocycles. The molecule has 26 heavy (non-hydrogen) atoms. The van der Waals surface area contributed by atoms with Gasteiger partial charge in [0.25, 0.3) is 11.8 Å². The van der Waals surface area contributed by atoms with Crippen molar-refractivity contribution in [2.24, 2.45) is 0 Å². The maximum Gasteiger partial charge on any atom is 0.265 e. The number of likely N-dealkylation sites (N-methyl/N-ethyl adjacent to an activating group) is 1. The zero-order valence-electron chi connectivity index (χ0n) is 14.3. The Morgan fingerprint density at radius 2 is 1.85 bits per heavy atom. The van der Waals surface area contributed by atoms with Gasteiger partial charge in [0.15, 0.2) is 0 Å². The number of carbonyl (C=O) groups is 2. The number of hydrogen-bond acceptors (Lipinski definition) is 4. The van der Waals surface area contributed by atoms with Gasteiger partial charge in [-0.25, -0.2) is 0 Å². The summed E-state index contributed by atoms with van der Waals surface area (Å²) < 4.78 is 0.552. The molecule has 1 N–H and O–H groups in total. The summed E-state index contributed by atoms with van der Waals surface area (Å²) in [7, 11) is 1.67. The molecular formula is C20H18N2O2S2. The van der Waals surface area contributed by atoms with Gasteiger partial charge in [0, 0.05) is 19.2 Å².